The van der Waals surface area contributed by atoms with Gasteiger partial charge in [0.2, 0.25) is 0 Å². The van der Waals surface area contributed by atoms with E-state index in [1.54, 1.807) is 6.08 Å². The lowest BCUT2D eigenvalue weighted by molar-refractivity contribution is 0.678. The fourth-order valence-corrected chi connectivity index (χ4v) is 5.98. The van der Waals surface area contributed by atoms with Crippen molar-refractivity contribution in [1.82, 2.24) is 0 Å². The third-order valence-corrected chi connectivity index (χ3v) is 8.18. The summed E-state index contributed by atoms with van der Waals surface area (Å²) in [6, 6.07) is 34.5. The average molecular weight is 626 g/mol. The van der Waals surface area contributed by atoms with Gasteiger partial charge in [-0.3, -0.25) is 0 Å². The van der Waals surface area contributed by atoms with Crippen LogP contribution in [0.15, 0.2) is 200 Å². The minimum absolute atomic E-state index is 0.106. The lowest BCUT2D eigenvalue weighted by Crippen LogP contribution is -2.31. The Morgan fingerprint density at radius 3 is 1.83 bits per heavy atom. The Labute approximate surface area is 288 Å². The molecule has 0 fully saturated rings. The van der Waals surface area contributed by atoms with Crippen molar-refractivity contribution in [3.8, 4) is 33.4 Å². The summed E-state index contributed by atoms with van der Waals surface area (Å²) in [6.45, 7) is 13.9. The van der Waals surface area contributed by atoms with Gasteiger partial charge in [-0.05, 0) is 82.5 Å². The van der Waals surface area contributed by atoms with Crippen LogP contribution in [0.2, 0.25) is 0 Å². The first-order valence-corrected chi connectivity index (χ1v) is 16.6. The summed E-state index contributed by atoms with van der Waals surface area (Å²) >= 11 is 0. The largest absolute Gasteiger partial charge is 0.323 e. The Kier molecular flexibility index (Phi) is 13.7. The Bertz CT molecular complexity index is 1870. The van der Waals surface area contributed by atoms with Gasteiger partial charge in [0.05, 0.1) is 0 Å². The highest BCUT2D eigenvalue weighted by atomic mass is 14.7. The maximum atomic E-state index is 7.16. The van der Waals surface area contributed by atoms with Crippen molar-refractivity contribution in [2.45, 2.75) is 32.7 Å². The van der Waals surface area contributed by atoms with Crippen LogP contribution in [0.5, 0.6) is 0 Å². The van der Waals surface area contributed by atoms with Gasteiger partial charge >= 0.3 is 0 Å². The molecule has 0 radical (unpaired) electrons. The molecule has 0 amide bonds. The number of hydrogen-bond donors (Lipinski definition) is 1. The molecular weight excluding hydrogens is 579 g/mol. The van der Waals surface area contributed by atoms with Crippen LogP contribution < -0.4 is 5.73 Å². The zero-order valence-corrected chi connectivity index (χ0v) is 28.5. The van der Waals surface area contributed by atoms with Gasteiger partial charge < -0.3 is 5.73 Å². The highest BCUT2D eigenvalue weighted by Gasteiger charge is 2.25. The maximum absolute atomic E-state index is 7.16. The van der Waals surface area contributed by atoms with Crippen molar-refractivity contribution >= 4 is 6.08 Å². The van der Waals surface area contributed by atoms with Gasteiger partial charge in [0.15, 0.2) is 0 Å². The van der Waals surface area contributed by atoms with Crippen molar-refractivity contribution in [3.63, 3.8) is 0 Å². The van der Waals surface area contributed by atoms with E-state index in [1.807, 2.05) is 57.2 Å². The molecule has 4 aromatic carbocycles. The molecule has 4 aromatic rings. The standard InChI is InChI=1S/C47H47N/c1-6-11-13-16-29-40-34-42(46(38(21-8-3)24-12-7-2)47(48)39(22-9-4)23-10-5)31-32-43(40)41-30-33-44(36-25-17-14-18-26-36)45(35-41)37-27-19-15-20-28-37/h6-35,46-47H,1,4,48H2,2-3,5H3/b12-7+,13-11-,21-8-,23-10-,29-16?,38-24+,39-22+. The first-order valence-electron chi connectivity index (χ1n) is 16.6. The second kappa shape index (κ2) is 18.6. The molecule has 0 aliphatic rings. The molecule has 4 rings (SSSR count). The summed E-state index contributed by atoms with van der Waals surface area (Å²) in [7, 11) is 0. The second-order valence-corrected chi connectivity index (χ2v) is 11.4. The van der Waals surface area contributed by atoms with Gasteiger partial charge in [0.25, 0.3) is 0 Å². The van der Waals surface area contributed by atoms with E-state index in [0.29, 0.717) is 0 Å². The van der Waals surface area contributed by atoms with Gasteiger partial charge in [-0.2, -0.15) is 0 Å². The molecule has 0 spiro atoms. The van der Waals surface area contributed by atoms with Crippen LogP contribution in [0.3, 0.4) is 0 Å². The van der Waals surface area contributed by atoms with Gasteiger partial charge in [0, 0.05) is 12.0 Å². The predicted molar refractivity (Wildman–Crippen MR) is 213 cm³/mol. The zero-order valence-electron chi connectivity index (χ0n) is 28.5. The SMILES string of the molecule is C=C/C=C\C=Cc1cc(C(C(/C=C\C)=C/C=C/C)C(N)C(/C=C\C)=C/C=C)ccc1-c1ccc(-c2ccccc2)c(-c2ccccc2)c1. The Hall–Kier alpha value is -5.50. The lowest BCUT2D eigenvalue weighted by Gasteiger charge is -2.28. The van der Waals surface area contributed by atoms with Crippen LogP contribution in [0.1, 0.15) is 37.8 Å². The number of benzene rings is 4. The molecule has 0 aromatic heterocycles. The second-order valence-electron chi connectivity index (χ2n) is 11.4. The first-order chi connectivity index (χ1) is 23.6. The summed E-state index contributed by atoms with van der Waals surface area (Å²) < 4.78 is 0. The molecule has 0 aliphatic heterocycles. The molecule has 0 aliphatic carbocycles. The molecule has 2 unspecified atom stereocenters. The highest BCUT2D eigenvalue weighted by Crippen LogP contribution is 2.39. The Balaban J connectivity index is 1.97. The van der Waals surface area contributed by atoms with Gasteiger partial charge in [-0.1, -0.05) is 189 Å². The molecule has 2 N–H and O–H groups in total. The third-order valence-electron chi connectivity index (χ3n) is 8.18. The summed E-state index contributed by atoms with van der Waals surface area (Å²) in [5, 5.41) is 0. The van der Waals surface area contributed by atoms with Crippen LogP contribution in [0.25, 0.3) is 39.5 Å². The van der Waals surface area contributed by atoms with E-state index in [4.69, 9.17) is 5.73 Å². The van der Waals surface area contributed by atoms with Crippen molar-refractivity contribution in [2.24, 2.45) is 5.73 Å². The Morgan fingerprint density at radius 1 is 0.562 bits per heavy atom. The third kappa shape index (κ3) is 9.06. The summed E-state index contributed by atoms with van der Waals surface area (Å²) in [5.41, 5.74) is 18.6. The van der Waals surface area contributed by atoms with Crippen LogP contribution in [0, 0.1) is 0 Å². The van der Waals surface area contributed by atoms with Crippen molar-refractivity contribution in [1.29, 1.82) is 0 Å². The van der Waals surface area contributed by atoms with E-state index in [2.05, 4.69) is 153 Å². The Morgan fingerprint density at radius 2 is 1.21 bits per heavy atom. The molecule has 48 heavy (non-hydrogen) atoms. The fraction of sp³-hybridized carbons (Fsp3) is 0.106. The molecule has 1 heteroatoms. The molecule has 2 atom stereocenters. The van der Waals surface area contributed by atoms with Crippen molar-refractivity contribution in [2.75, 3.05) is 0 Å². The monoisotopic (exact) mass is 625 g/mol. The molecule has 0 heterocycles. The van der Waals surface area contributed by atoms with E-state index in [0.717, 1.165) is 33.4 Å². The molecule has 240 valence electrons. The first kappa shape index (κ1) is 35.4. The van der Waals surface area contributed by atoms with Crippen molar-refractivity contribution in [3.05, 3.63) is 211 Å². The lowest BCUT2D eigenvalue weighted by atomic mass is 9.79. The van der Waals surface area contributed by atoms with Crippen LogP contribution >= 0.6 is 0 Å². The maximum Gasteiger partial charge on any atom is 0.0405 e. The quantitative estimate of drug-likeness (QED) is 0.139. The number of nitrogens with two attached hydrogens (primary N) is 1. The van der Waals surface area contributed by atoms with E-state index in [9.17, 15) is 0 Å². The van der Waals surface area contributed by atoms with Gasteiger partial charge in [0.1, 0.15) is 0 Å². The minimum atomic E-state index is -0.301. The molecule has 1 nitrogen and oxygen atoms in total. The fourth-order valence-electron chi connectivity index (χ4n) is 5.98. The smallest absolute Gasteiger partial charge is 0.0405 e. The number of rotatable bonds is 14. The predicted octanol–water partition coefficient (Wildman–Crippen LogP) is 12.6. The van der Waals surface area contributed by atoms with Crippen LogP contribution in [-0.4, -0.2) is 6.04 Å². The summed E-state index contributed by atoms with van der Waals surface area (Å²) in [6.07, 6.45) is 28.4. The van der Waals surface area contributed by atoms with E-state index in [-0.39, 0.29) is 12.0 Å². The van der Waals surface area contributed by atoms with Crippen molar-refractivity contribution < 1.29 is 0 Å². The normalized spacial score (nSPS) is 14.1. The number of hydrogen-bond acceptors (Lipinski definition) is 1. The number of allylic oxidation sites excluding steroid dienone is 12. The van der Waals surface area contributed by atoms with E-state index >= 15 is 0 Å². The molecule has 0 bridgehead atoms. The summed E-state index contributed by atoms with van der Waals surface area (Å²) in [4.78, 5) is 0. The average Bonchev–Trinajstić information content (AvgIpc) is 3.13. The van der Waals surface area contributed by atoms with Gasteiger partial charge in [-0.15, -0.1) is 0 Å². The minimum Gasteiger partial charge on any atom is -0.323 e. The van der Waals surface area contributed by atoms with E-state index in [1.165, 1.54) is 22.3 Å². The molecular formula is C47H47N. The summed E-state index contributed by atoms with van der Waals surface area (Å²) in [5.74, 6) is -0.106. The molecule has 0 saturated heterocycles. The topological polar surface area (TPSA) is 26.0 Å². The molecule has 0 saturated carbocycles. The highest BCUT2D eigenvalue weighted by molar-refractivity contribution is 5.88. The van der Waals surface area contributed by atoms with Crippen LogP contribution in [-0.2, 0) is 0 Å². The van der Waals surface area contributed by atoms with E-state index < -0.39 is 0 Å². The van der Waals surface area contributed by atoms with Gasteiger partial charge in [-0.25, -0.2) is 0 Å². The van der Waals surface area contributed by atoms with Crippen LogP contribution in [0.4, 0.5) is 0 Å². The zero-order chi connectivity index (χ0) is 34.1.